The van der Waals surface area contributed by atoms with Gasteiger partial charge in [-0.1, -0.05) is 15.9 Å². The van der Waals surface area contributed by atoms with E-state index in [-0.39, 0.29) is 73.7 Å². The van der Waals surface area contributed by atoms with Crippen molar-refractivity contribution in [3.05, 3.63) is 53.6 Å². The Morgan fingerprint density at radius 2 is 0.818 bits per heavy atom. The third-order valence-electron chi connectivity index (χ3n) is 2.31. The molecule has 0 aliphatic carbocycles. The molecule has 0 aliphatic heterocycles. The molecule has 1 aromatic rings. The van der Waals surface area contributed by atoms with Crippen molar-refractivity contribution in [1.29, 1.82) is 0 Å². The van der Waals surface area contributed by atoms with Crippen LogP contribution in [0.5, 0.6) is 0 Å². The average molecular weight is 629 g/mol. The van der Waals surface area contributed by atoms with Crippen LogP contribution in [0.2, 0.25) is 0 Å². The number of Topliss-reactive ketones (excluding diaryl/α,β-unsaturated/α-hetero) is 6. The van der Waals surface area contributed by atoms with E-state index in [2.05, 4.69) is 15.9 Å². The predicted octanol–water partition coefficient (Wildman–Crippen LogP) is 3.25. The van der Waals surface area contributed by atoms with Gasteiger partial charge in [0.05, 0.1) is 5.56 Å². The number of hydrogen-bond donors (Lipinski definition) is 1. The zero-order chi connectivity index (χ0) is 25.1. The molecule has 33 heavy (non-hydrogen) atoms. The summed E-state index contributed by atoms with van der Waals surface area (Å²) in [5, 5.41) is 8.46. The van der Waals surface area contributed by atoms with E-state index in [9.17, 15) is 33.6 Å². The van der Waals surface area contributed by atoms with Gasteiger partial charge >= 0.3 is 25.4 Å². The minimum atomic E-state index is -0.896. The number of carbonyl (C=O) groups excluding carboxylic acids is 6. The number of halogens is 1. The Bertz CT molecular complexity index is 692. The van der Waals surface area contributed by atoms with Crippen molar-refractivity contribution in [3.8, 4) is 0 Å². The monoisotopic (exact) mass is 625 g/mol. The van der Waals surface area contributed by atoms with Gasteiger partial charge in [0, 0.05) is 58.7 Å². The van der Waals surface area contributed by atoms with E-state index in [1.54, 1.807) is 24.3 Å². The van der Waals surface area contributed by atoms with Crippen LogP contribution in [-0.4, -0.2) is 45.8 Å². The molecular formula is C22H26BrO8Zn2-. The standard InChI is InChI=1S/C7H5BrO2.3C5H7O2.2Zn/c8-6-3-1-5(2-4-6)7(9)10;3*1-4(6)3-5(2)7;;/h1-4H,(H,9,10);3*3H,1-2H3;;/q;3*-1;;+2. The molecule has 0 atom stereocenters. The molecule has 0 saturated carbocycles. The van der Waals surface area contributed by atoms with Crippen molar-refractivity contribution >= 4 is 56.6 Å². The molecular weight excluding hydrogens is 603 g/mol. The molecule has 0 radical (unpaired) electrons. The molecule has 0 aromatic heterocycles. The Kier molecular flexibility index (Phi) is 30.9. The van der Waals surface area contributed by atoms with Crippen LogP contribution in [0.1, 0.15) is 51.9 Å². The van der Waals surface area contributed by atoms with Gasteiger partial charge in [0.2, 0.25) is 0 Å². The van der Waals surface area contributed by atoms with Crippen molar-refractivity contribution in [1.82, 2.24) is 0 Å². The van der Waals surface area contributed by atoms with Crippen molar-refractivity contribution in [2.75, 3.05) is 0 Å². The quantitative estimate of drug-likeness (QED) is 0.276. The minimum Gasteiger partial charge on any atom is -0.478 e. The Morgan fingerprint density at radius 1 is 0.606 bits per heavy atom. The number of carboxylic acid groups (broad SMARTS) is 1. The summed E-state index contributed by atoms with van der Waals surface area (Å²) in [7, 11) is 0. The maximum Gasteiger partial charge on any atom is 2.00 e. The molecule has 0 aliphatic rings. The topological polar surface area (TPSA) is 140 Å². The summed E-state index contributed by atoms with van der Waals surface area (Å²) < 4.78 is 0.887. The summed E-state index contributed by atoms with van der Waals surface area (Å²) in [6.07, 6.45) is 3.17. The third-order valence-corrected chi connectivity index (χ3v) is 2.84. The van der Waals surface area contributed by atoms with Gasteiger partial charge in [-0.05, 0) is 65.8 Å². The van der Waals surface area contributed by atoms with Gasteiger partial charge in [-0.25, -0.2) is 4.79 Å². The van der Waals surface area contributed by atoms with Crippen molar-refractivity contribution in [2.45, 2.75) is 41.5 Å². The summed E-state index contributed by atoms with van der Waals surface area (Å²) in [4.78, 5) is 70.2. The minimum absolute atomic E-state index is 0. The molecule has 0 heterocycles. The molecule has 1 rings (SSSR count). The van der Waals surface area contributed by atoms with E-state index >= 15 is 0 Å². The van der Waals surface area contributed by atoms with E-state index in [0.717, 1.165) is 23.7 Å². The summed E-state index contributed by atoms with van der Waals surface area (Å²) in [5.41, 5.74) is 0.309. The van der Waals surface area contributed by atoms with Crippen LogP contribution in [0.3, 0.4) is 0 Å². The summed E-state index contributed by atoms with van der Waals surface area (Å²) in [6.45, 7) is 8.09. The number of benzene rings is 1. The van der Waals surface area contributed by atoms with Crippen LogP contribution in [0.25, 0.3) is 0 Å². The van der Waals surface area contributed by atoms with Crippen LogP contribution in [0.4, 0.5) is 0 Å². The first-order valence-corrected chi connectivity index (χ1v) is 9.44. The predicted molar refractivity (Wildman–Crippen MR) is 118 cm³/mol. The van der Waals surface area contributed by atoms with Crippen molar-refractivity contribution < 1.29 is 77.6 Å². The molecule has 1 N–H and O–H groups in total. The Labute approximate surface area is 228 Å². The van der Waals surface area contributed by atoms with Crippen LogP contribution >= 0.6 is 15.9 Å². The molecule has 174 valence electrons. The zero-order valence-corrected chi connectivity index (χ0v) is 27.2. The van der Waals surface area contributed by atoms with Crippen LogP contribution in [0, 0.1) is 19.3 Å². The fraction of sp³-hybridized carbons (Fsp3) is 0.273. The maximum absolute atomic E-state index is 10.3. The Morgan fingerprint density at radius 3 is 0.939 bits per heavy atom. The number of carbonyl (C=O) groups is 7. The average Bonchev–Trinajstić information content (AvgIpc) is 2.52. The summed E-state index contributed by atoms with van der Waals surface area (Å²) in [5.74, 6) is -2.02. The first kappa shape index (κ1) is 41.3. The molecule has 0 spiro atoms. The summed E-state index contributed by atoms with van der Waals surface area (Å²) in [6, 6.07) is 6.49. The second-order valence-electron chi connectivity index (χ2n) is 5.91. The van der Waals surface area contributed by atoms with Crippen LogP contribution in [0.15, 0.2) is 28.7 Å². The van der Waals surface area contributed by atoms with Gasteiger partial charge in [-0.3, -0.25) is 19.3 Å². The van der Waals surface area contributed by atoms with E-state index in [1.165, 1.54) is 41.5 Å². The van der Waals surface area contributed by atoms with E-state index in [1.807, 2.05) is 0 Å². The first-order chi connectivity index (χ1) is 14.1. The van der Waals surface area contributed by atoms with Gasteiger partial charge in [0.25, 0.3) is 0 Å². The molecule has 0 unspecified atom stereocenters. The van der Waals surface area contributed by atoms with Gasteiger partial charge in [0.15, 0.2) is 0 Å². The molecule has 0 saturated heterocycles. The Balaban J connectivity index is -0.000000105. The molecule has 1 aromatic carbocycles. The second kappa shape index (κ2) is 24.7. The number of ketones is 6. The second-order valence-corrected chi connectivity index (χ2v) is 6.82. The normalized spacial score (nSPS) is 7.73. The van der Waals surface area contributed by atoms with E-state index in [0.29, 0.717) is 5.56 Å². The molecule has 0 fully saturated rings. The molecule has 8 nitrogen and oxygen atoms in total. The van der Waals surface area contributed by atoms with Gasteiger partial charge in [-0.15, -0.1) is 0 Å². The smallest absolute Gasteiger partial charge is 0.478 e. The van der Waals surface area contributed by atoms with Crippen molar-refractivity contribution in [2.24, 2.45) is 0 Å². The third kappa shape index (κ3) is 40.9. The van der Waals surface area contributed by atoms with Crippen LogP contribution in [-0.2, 0) is 67.7 Å². The maximum atomic E-state index is 10.3. The number of rotatable bonds is 7. The molecule has 11 heteroatoms. The number of aromatic carboxylic acids is 1. The Hall–Kier alpha value is -1.95. The van der Waals surface area contributed by atoms with Crippen LogP contribution < -0.4 is 0 Å². The summed E-state index contributed by atoms with van der Waals surface area (Å²) >= 11 is 3.20. The van der Waals surface area contributed by atoms with E-state index in [4.69, 9.17) is 5.11 Å². The molecule has 0 amide bonds. The fourth-order valence-corrected chi connectivity index (χ4v) is 1.72. The van der Waals surface area contributed by atoms with E-state index < -0.39 is 5.97 Å². The van der Waals surface area contributed by atoms with Gasteiger partial charge in [0.1, 0.15) is 0 Å². The number of carboxylic acids is 1. The number of hydrogen-bond acceptors (Lipinski definition) is 7. The first-order valence-electron chi connectivity index (χ1n) is 8.64. The zero-order valence-electron chi connectivity index (χ0n) is 19.6. The fourth-order valence-electron chi connectivity index (χ4n) is 1.45. The van der Waals surface area contributed by atoms with Gasteiger partial charge in [-0.2, -0.15) is 0 Å². The molecule has 0 bridgehead atoms. The SMILES string of the molecule is CC(=O)[CH-]C(C)=O.CC(=O)[CH-]C(C)=O.CC(=O)[CH-]C(C)=O.O=C(O)c1ccc(Br)cc1.[Zn+2].[Zn]. The van der Waals surface area contributed by atoms with Gasteiger partial charge < -0.3 is 33.9 Å². The van der Waals surface area contributed by atoms with Crippen molar-refractivity contribution in [3.63, 3.8) is 0 Å². The largest absolute Gasteiger partial charge is 2.00 e.